The van der Waals surface area contributed by atoms with Gasteiger partial charge in [0.1, 0.15) is 0 Å². The normalized spacial score (nSPS) is 13.8. The van der Waals surface area contributed by atoms with Crippen molar-refractivity contribution in [3.63, 3.8) is 0 Å². The van der Waals surface area contributed by atoms with Gasteiger partial charge in [0.15, 0.2) is 6.10 Å². The number of ether oxygens (including phenoxy) is 3. The Kier molecular flexibility index (Phi) is 10.6. The quantitative estimate of drug-likeness (QED) is 0.354. The summed E-state index contributed by atoms with van der Waals surface area (Å²) in [5.74, 6) is -1.37. The molecule has 1 aromatic rings. The summed E-state index contributed by atoms with van der Waals surface area (Å²) in [5.41, 5.74) is 0.876. The van der Waals surface area contributed by atoms with Gasteiger partial charge in [-0.3, -0.25) is 0 Å². The molecule has 1 rings (SSSR count). The summed E-state index contributed by atoms with van der Waals surface area (Å²) in [6.07, 6.45) is -0.654. The third-order valence-electron chi connectivity index (χ3n) is 3.60. The van der Waals surface area contributed by atoms with Crippen LogP contribution in [0, 0.1) is 0 Å². The fourth-order valence-corrected chi connectivity index (χ4v) is 4.75. The van der Waals surface area contributed by atoms with Gasteiger partial charge in [0.05, 0.1) is 0 Å². The SMILES string of the molecule is CCOC(OCC)(OCC)C(O[Si](C)(OCC)OCC)c1ccccc1. The molecule has 0 fully saturated rings. The molecule has 0 N–H and O–H groups in total. The van der Waals surface area contributed by atoms with Gasteiger partial charge in [0.2, 0.25) is 0 Å². The van der Waals surface area contributed by atoms with Crippen molar-refractivity contribution in [3.8, 4) is 0 Å². The first kappa shape index (κ1) is 23.2. The molecule has 0 aliphatic rings. The van der Waals surface area contributed by atoms with E-state index in [9.17, 15) is 0 Å². The topological polar surface area (TPSA) is 55.4 Å². The Bertz CT molecular complexity index is 461. The lowest BCUT2D eigenvalue weighted by atomic mass is 10.1. The molecule has 26 heavy (non-hydrogen) atoms. The van der Waals surface area contributed by atoms with Crippen molar-refractivity contribution >= 4 is 8.80 Å². The van der Waals surface area contributed by atoms with Crippen LogP contribution in [-0.4, -0.2) is 47.8 Å². The zero-order chi connectivity index (χ0) is 19.5. The van der Waals surface area contributed by atoms with Crippen LogP contribution in [0.15, 0.2) is 30.3 Å². The number of benzene rings is 1. The Hall–Kier alpha value is -0.803. The summed E-state index contributed by atoms with van der Waals surface area (Å²) in [5, 5.41) is 0. The first-order chi connectivity index (χ1) is 12.5. The van der Waals surface area contributed by atoms with E-state index in [0.29, 0.717) is 33.0 Å². The van der Waals surface area contributed by atoms with Gasteiger partial charge in [-0.15, -0.1) is 0 Å². The standard InChI is InChI=1S/C19H34O6Si/c1-7-20-19(21-8-2,22-9-3)18(17-15-13-12-14-16-17)25-26(6,23-10-4)24-11-5/h12-16,18H,7-11H2,1-6H3. The number of hydrogen-bond acceptors (Lipinski definition) is 6. The minimum atomic E-state index is -2.93. The zero-order valence-corrected chi connectivity index (χ0v) is 17.9. The van der Waals surface area contributed by atoms with Crippen molar-refractivity contribution in [1.29, 1.82) is 0 Å². The van der Waals surface area contributed by atoms with Crippen molar-refractivity contribution in [1.82, 2.24) is 0 Å². The summed E-state index contributed by atoms with van der Waals surface area (Å²) < 4.78 is 36.1. The first-order valence-corrected chi connectivity index (χ1v) is 11.7. The summed E-state index contributed by atoms with van der Waals surface area (Å²) in [6, 6.07) is 9.76. The van der Waals surface area contributed by atoms with Gasteiger partial charge in [0, 0.05) is 39.6 Å². The molecule has 1 unspecified atom stereocenters. The third kappa shape index (κ3) is 6.42. The lowest BCUT2D eigenvalue weighted by Crippen LogP contribution is -2.52. The van der Waals surface area contributed by atoms with E-state index in [-0.39, 0.29) is 0 Å². The fraction of sp³-hybridized carbons (Fsp3) is 0.684. The predicted octanol–water partition coefficient (Wildman–Crippen LogP) is 4.15. The maximum atomic E-state index is 6.45. The van der Waals surface area contributed by atoms with E-state index in [1.165, 1.54) is 0 Å². The Balaban J connectivity index is 3.37. The van der Waals surface area contributed by atoms with Crippen LogP contribution < -0.4 is 0 Å². The van der Waals surface area contributed by atoms with Gasteiger partial charge in [-0.1, -0.05) is 30.3 Å². The highest BCUT2D eigenvalue weighted by Crippen LogP contribution is 2.38. The van der Waals surface area contributed by atoms with Gasteiger partial charge >= 0.3 is 14.8 Å². The second-order valence-electron chi connectivity index (χ2n) is 5.54. The van der Waals surface area contributed by atoms with Crippen LogP contribution in [0.5, 0.6) is 0 Å². The van der Waals surface area contributed by atoms with Gasteiger partial charge in [-0.05, 0) is 40.2 Å². The lowest BCUT2D eigenvalue weighted by molar-refractivity contribution is -0.412. The van der Waals surface area contributed by atoms with Gasteiger partial charge in [0.25, 0.3) is 0 Å². The van der Waals surface area contributed by atoms with Gasteiger partial charge < -0.3 is 27.5 Å². The van der Waals surface area contributed by atoms with Gasteiger partial charge in [-0.25, -0.2) is 0 Å². The van der Waals surface area contributed by atoms with Crippen LogP contribution in [0.2, 0.25) is 6.55 Å². The molecule has 0 bridgehead atoms. The van der Waals surface area contributed by atoms with Crippen LogP contribution in [0.4, 0.5) is 0 Å². The van der Waals surface area contributed by atoms with E-state index >= 15 is 0 Å². The van der Waals surface area contributed by atoms with E-state index in [2.05, 4.69) is 0 Å². The van der Waals surface area contributed by atoms with Crippen molar-refractivity contribution in [2.45, 2.75) is 53.2 Å². The number of hydrogen-bond donors (Lipinski definition) is 0. The summed E-state index contributed by atoms with van der Waals surface area (Å²) in [7, 11) is -2.93. The summed E-state index contributed by atoms with van der Waals surface area (Å²) in [4.78, 5) is 0. The van der Waals surface area contributed by atoms with E-state index in [1.54, 1.807) is 0 Å². The molecular formula is C19H34O6Si. The molecule has 6 nitrogen and oxygen atoms in total. The summed E-state index contributed by atoms with van der Waals surface area (Å²) >= 11 is 0. The van der Waals surface area contributed by atoms with E-state index in [1.807, 2.05) is 71.5 Å². The molecule has 0 saturated carbocycles. The first-order valence-electron chi connectivity index (χ1n) is 9.43. The van der Waals surface area contributed by atoms with E-state index in [4.69, 9.17) is 27.5 Å². The van der Waals surface area contributed by atoms with Gasteiger partial charge in [-0.2, -0.15) is 0 Å². The van der Waals surface area contributed by atoms with Crippen molar-refractivity contribution in [2.24, 2.45) is 0 Å². The maximum Gasteiger partial charge on any atom is 0.498 e. The average Bonchev–Trinajstić information content (AvgIpc) is 2.61. The molecule has 0 aromatic heterocycles. The summed E-state index contributed by atoms with van der Waals surface area (Å²) in [6.45, 7) is 13.6. The second-order valence-corrected chi connectivity index (χ2v) is 8.08. The Morgan fingerprint density at radius 1 is 0.769 bits per heavy atom. The van der Waals surface area contributed by atoms with Crippen LogP contribution >= 0.6 is 0 Å². The largest absolute Gasteiger partial charge is 0.498 e. The Labute approximate surface area is 159 Å². The monoisotopic (exact) mass is 386 g/mol. The van der Waals surface area contributed by atoms with Crippen LogP contribution in [0.3, 0.4) is 0 Å². The Morgan fingerprint density at radius 3 is 1.62 bits per heavy atom. The minimum absolute atomic E-state index is 0.411. The van der Waals surface area contributed by atoms with Crippen molar-refractivity contribution in [2.75, 3.05) is 33.0 Å². The second kappa shape index (κ2) is 11.8. The van der Waals surface area contributed by atoms with Crippen LogP contribution in [0.1, 0.15) is 46.3 Å². The third-order valence-corrected chi connectivity index (χ3v) is 5.89. The Morgan fingerprint density at radius 2 is 1.23 bits per heavy atom. The average molecular weight is 387 g/mol. The van der Waals surface area contributed by atoms with Crippen LogP contribution in [0.25, 0.3) is 0 Å². The predicted molar refractivity (Wildman–Crippen MR) is 103 cm³/mol. The van der Waals surface area contributed by atoms with E-state index in [0.717, 1.165) is 5.56 Å². The van der Waals surface area contributed by atoms with Crippen LogP contribution in [-0.2, 0) is 27.5 Å². The van der Waals surface area contributed by atoms with Crippen molar-refractivity contribution in [3.05, 3.63) is 35.9 Å². The zero-order valence-electron chi connectivity index (χ0n) is 16.9. The molecule has 0 saturated heterocycles. The number of rotatable bonds is 14. The molecule has 1 aromatic carbocycles. The van der Waals surface area contributed by atoms with E-state index < -0.39 is 20.9 Å². The minimum Gasteiger partial charge on any atom is -0.374 e. The fourth-order valence-electron chi connectivity index (χ4n) is 2.78. The van der Waals surface area contributed by atoms with Crippen molar-refractivity contribution < 1.29 is 27.5 Å². The smallest absolute Gasteiger partial charge is 0.374 e. The molecule has 0 radical (unpaired) electrons. The molecule has 0 spiro atoms. The molecular weight excluding hydrogens is 352 g/mol. The highest BCUT2D eigenvalue weighted by molar-refractivity contribution is 6.59. The molecule has 0 aliphatic carbocycles. The molecule has 7 heteroatoms. The molecule has 0 heterocycles. The molecule has 1 atom stereocenters. The molecule has 150 valence electrons. The molecule has 0 amide bonds. The lowest BCUT2D eigenvalue weighted by Gasteiger charge is -2.41. The highest BCUT2D eigenvalue weighted by Gasteiger charge is 2.50. The highest BCUT2D eigenvalue weighted by atomic mass is 28.4. The molecule has 0 aliphatic heterocycles. The maximum absolute atomic E-state index is 6.45.